The van der Waals surface area contributed by atoms with E-state index in [9.17, 15) is 19.5 Å². The SMILES string of the molecule is C=CCOC(=O)[C@H]1[C@H]2C(=O)N(CCCCCO)C(C(=O)N(CC=C)CCN3CCOCC3)C23CC(Br)[C@@H]1O3. The molecule has 6 atom stereocenters. The van der Waals surface area contributed by atoms with Crippen molar-refractivity contribution < 1.29 is 33.7 Å². The number of aliphatic hydroxyl groups excluding tert-OH is 1. The van der Waals surface area contributed by atoms with Crippen LogP contribution in [0.1, 0.15) is 25.7 Å². The van der Waals surface area contributed by atoms with E-state index in [1.54, 1.807) is 15.9 Å². The number of hydrogen-bond donors (Lipinski definition) is 1. The summed E-state index contributed by atoms with van der Waals surface area (Å²) in [4.78, 5) is 46.9. The van der Waals surface area contributed by atoms with Gasteiger partial charge in [-0.3, -0.25) is 19.3 Å². The Bertz CT molecular complexity index is 898. The monoisotopic (exact) mass is 597 g/mol. The Kier molecular flexibility index (Phi) is 10.0. The minimum absolute atomic E-state index is 0.0464. The van der Waals surface area contributed by atoms with Crippen molar-refractivity contribution >= 4 is 33.7 Å². The molecule has 0 aromatic carbocycles. The summed E-state index contributed by atoms with van der Waals surface area (Å²) >= 11 is 3.67. The second-order valence-corrected chi connectivity index (χ2v) is 11.6. The van der Waals surface area contributed by atoms with Gasteiger partial charge in [-0.15, -0.1) is 6.58 Å². The smallest absolute Gasteiger partial charge is 0.312 e. The lowest BCUT2D eigenvalue weighted by atomic mass is 9.70. The molecule has 2 bridgehead atoms. The predicted molar refractivity (Wildman–Crippen MR) is 144 cm³/mol. The predicted octanol–water partition coefficient (Wildman–Crippen LogP) is 0.973. The van der Waals surface area contributed by atoms with Crippen LogP contribution in [0.4, 0.5) is 0 Å². The molecule has 4 rings (SSSR count). The number of unbranched alkanes of at least 4 members (excludes halogenated alkanes) is 2. The molecular formula is C27H40BrN3O7. The van der Waals surface area contributed by atoms with Crippen LogP contribution < -0.4 is 0 Å². The normalized spacial score (nSPS) is 32.3. The molecule has 4 aliphatic rings. The fourth-order valence-electron chi connectivity index (χ4n) is 6.43. The number of esters is 1. The van der Waals surface area contributed by atoms with E-state index in [1.165, 1.54) is 6.08 Å². The number of aliphatic hydroxyl groups is 1. The van der Waals surface area contributed by atoms with Crippen molar-refractivity contribution in [2.24, 2.45) is 11.8 Å². The Morgan fingerprint density at radius 3 is 2.63 bits per heavy atom. The van der Waals surface area contributed by atoms with Crippen molar-refractivity contribution in [3.63, 3.8) is 0 Å². The molecular weight excluding hydrogens is 558 g/mol. The number of likely N-dealkylation sites (tertiary alicyclic amines) is 1. The Balaban J connectivity index is 1.62. The standard InChI is InChI=1S/C27H40BrN3O7/c1-3-8-30(11-10-29-12-16-36-17-13-29)25(34)23-27-18-19(28)22(38-27)20(26(35)37-15-4-2)21(27)24(33)31(23)9-6-5-7-14-32/h3-4,19-23,32H,1-2,5-18H2/t19?,20-,21-,22-,23?,27?/m0/s1. The van der Waals surface area contributed by atoms with Gasteiger partial charge in [0, 0.05) is 50.7 Å². The fourth-order valence-corrected chi connectivity index (χ4v) is 7.38. The van der Waals surface area contributed by atoms with Crippen molar-refractivity contribution in [2.75, 3.05) is 65.7 Å². The van der Waals surface area contributed by atoms with Gasteiger partial charge in [0.25, 0.3) is 0 Å². The highest BCUT2D eigenvalue weighted by Gasteiger charge is 2.77. The first kappa shape index (κ1) is 29.2. The lowest BCUT2D eigenvalue weighted by Gasteiger charge is -2.38. The number of rotatable bonds is 14. The van der Waals surface area contributed by atoms with Crippen molar-refractivity contribution in [3.8, 4) is 0 Å². The van der Waals surface area contributed by atoms with Gasteiger partial charge < -0.3 is 29.1 Å². The highest BCUT2D eigenvalue weighted by molar-refractivity contribution is 9.09. The number of halogens is 1. The van der Waals surface area contributed by atoms with E-state index in [0.29, 0.717) is 58.7 Å². The van der Waals surface area contributed by atoms with Crippen LogP contribution in [-0.2, 0) is 28.6 Å². The third kappa shape index (κ3) is 5.58. The maximum absolute atomic E-state index is 14.3. The van der Waals surface area contributed by atoms with Crippen molar-refractivity contribution in [1.82, 2.24) is 14.7 Å². The summed E-state index contributed by atoms with van der Waals surface area (Å²) in [6, 6.07) is -0.846. The van der Waals surface area contributed by atoms with E-state index < -0.39 is 35.6 Å². The van der Waals surface area contributed by atoms with Gasteiger partial charge in [-0.05, 0) is 25.7 Å². The minimum Gasteiger partial charge on any atom is -0.461 e. The summed E-state index contributed by atoms with van der Waals surface area (Å²) in [5, 5.41) is 9.21. The quantitative estimate of drug-likeness (QED) is 0.137. The summed E-state index contributed by atoms with van der Waals surface area (Å²) in [5.41, 5.74) is -1.11. The van der Waals surface area contributed by atoms with Crippen molar-refractivity contribution in [3.05, 3.63) is 25.3 Å². The number of hydrogen-bond acceptors (Lipinski definition) is 8. The summed E-state index contributed by atoms with van der Waals surface area (Å²) in [6.07, 6.45) is 5.08. The van der Waals surface area contributed by atoms with E-state index in [1.807, 2.05) is 0 Å². The number of carbonyl (C=O) groups is 3. The van der Waals surface area contributed by atoms with Crippen molar-refractivity contribution in [1.29, 1.82) is 0 Å². The molecule has 38 heavy (non-hydrogen) atoms. The fraction of sp³-hybridized carbons (Fsp3) is 0.741. The summed E-state index contributed by atoms with van der Waals surface area (Å²) in [5.74, 6) is -2.49. The van der Waals surface area contributed by atoms with Crippen LogP contribution in [0.25, 0.3) is 0 Å². The first-order valence-corrected chi connectivity index (χ1v) is 14.5. The first-order chi connectivity index (χ1) is 18.4. The van der Waals surface area contributed by atoms with Gasteiger partial charge in [-0.2, -0.15) is 0 Å². The lowest BCUT2D eigenvalue weighted by molar-refractivity contribution is -0.154. The lowest BCUT2D eigenvalue weighted by Crippen LogP contribution is -2.57. The Labute approximate surface area is 233 Å². The number of alkyl halides is 1. The Morgan fingerprint density at radius 1 is 1.18 bits per heavy atom. The highest BCUT2D eigenvalue weighted by atomic mass is 79.9. The van der Waals surface area contributed by atoms with Crippen LogP contribution in [0.5, 0.6) is 0 Å². The Morgan fingerprint density at radius 2 is 1.95 bits per heavy atom. The molecule has 3 unspecified atom stereocenters. The molecule has 0 aliphatic carbocycles. The minimum atomic E-state index is -1.11. The molecule has 0 aromatic rings. The molecule has 2 amide bonds. The van der Waals surface area contributed by atoms with Gasteiger partial charge in [-0.25, -0.2) is 0 Å². The topological polar surface area (TPSA) is 109 Å². The molecule has 1 spiro atoms. The number of fused-ring (bicyclic) bond motifs is 1. The van der Waals surface area contributed by atoms with E-state index in [-0.39, 0.29) is 29.9 Å². The molecule has 4 aliphatic heterocycles. The molecule has 1 N–H and O–H groups in total. The van der Waals surface area contributed by atoms with Gasteiger partial charge in [0.15, 0.2) is 0 Å². The number of nitrogens with zero attached hydrogens (tertiary/aromatic N) is 3. The van der Waals surface area contributed by atoms with Gasteiger partial charge in [0.1, 0.15) is 18.2 Å². The molecule has 4 saturated heterocycles. The largest absolute Gasteiger partial charge is 0.461 e. The van der Waals surface area contributed by atoms with Crippen LogP contribution >= 0.6 is 15.9 Å². The third-order valence-corrected chi connectivity index (χ3v) is 8.99. The van der Waals surface area contributed by atoms with E-state index >= 15 is 0 Å². The maximum atomic E-state index is 14.3. The van der Waals surface area contributed by atoms with Crippen LogP contribution in [-0.4, -0.2) is 126 Å². The molecule has 11 heteroatoms. The van der Waals surface area contributed by atoms with Gasteiger partial charge in [0.2, 0.25) is 11.8 Å². The van der Waals surface area contributed by atoms with E-state index in [0.717, 1.165) is 19.5 Å². The maximum Gasteiger partial charge on any atom is 0.312 e. The molecule has 0 saturated carbocycles. The number of morpholine rings is 1. The van der Waals surface area contributed by atoms with E-state index in [2.05, 4.69) is 34.0 Å². The van der Waals surface area contributed by atoms with Crippen LogP contribution in [0.3, 0.4) is 0 Å². The van der Waals surface area contributed by atoms with Crippen molar-refractivity contribution in [2.45, 2.75) is 48.3 Å². The number of carbonyl (C=O) groups excluding carboxylic acids is 3. The molecule has 0 aromatic heterocycles. The van der Waals surface area contributed by atoms with Gasteiger partial charge in [0.05, 0.1) is 31.2 Å². The summed E-state index contributed by atoms with van der Waals surface area (Å²) in [6.45, 7) is 12.4. The Hall–Kier alpha value is -1.79. The third-order valence-electron chi connectivity index (χ3n) is 8.15. The zero-order valence-electron chi connectivity index (χ0n) is 22.0. The van der Waals surface area contributed by atoms with Gasteiger partial charge in [-0.1, -0.05) is 34.7 Å². The van der Waals surface area contributed by atoms with Gasteiger partial charge >= 0.3 is 5.97 Å². The van der Waals surface area contributed by atoms with Crippen LogP contribution in [0.15, 0.2) is 25.3 Å². The average Bonchev–Trinajstić information content (AvgIpc) is 3.51. The zero-order chi connectivity index (χ0) is 27.3. The highest BCUT2D eigenvalue weighted by Crippen LogP contribution is 2.60. The summed E-state index contributed by atoms with van der Waals surface area (Å²) < 4.78 is 17.3. The second-order valence-electron chi connectivity index (χ2n) is 10.4. The summed E-state index contributed by atoms with van der Waals surface area (Å²) in [7, 11) is 0. The molecule has 0 radical (unpaired) electrons. The number of ether oxygens (including phenoxy) is 3. The number of amides is 2. The molecule has 4 fully saturated rings. The average molecular weight is 599 g/mol. The van der Waals surface area contributed by atoms with Crippen LogP contribution in [0, 0.1) is 11.8 Å². The van der Waals surface area contributed by atoms with E-state index in [4.69, 9.17) is 14.2 Å². The first-order valence-electron chi connectivity index (χ1n) is 13.6. The molecule has 212 valence electrons. The van der Waals surface area contributed by atoms with Crippen LogP contribution in [0.2, 0.25) is 0 Å². The molecule has 10 nitrogen and oxygen atoms in total. The second kappa shape index (κ2) is 13.0. The molecule has 4 heterocycles. The zero-order valence-corrected chi connectivity index (χ0v) is 23.6.